The number of piperidine rings is 1. The van der Waals surface area contributed by atoms with Crippen molar-refractivity contribution in [3.8, 4) is 11.3 Å². The Morgan fingerprint density at radius 2 is 1.63 bits per heavy atom. The number of allylic oxidation sites excluding steroid dienone is 2. The van der Waals surface area contributed by atoms with E-state index in [1.807, 2.05) is 18.2 Å². The molecule has 0 N–H and O–H groups in total. The van der Waals surface area contributed by atoms with Crippen molar-refractivity contribution in [1.29, 1.82) is 0 Å². The maximum atomic E-state index is 6.56. The summed E-state index contributed by atoms with van der Waals surface area (Å²) in [5.41, 5.74) is 5.33. The number of rotatable bonds is 4. The lowest BCUT2D eigenvalue weighted by Crippen LogP contribution is -2.42. The molecule has 3 heterocycles. The van der Waals surface area contributed by atoms with Gasteiger partial charge in [-0.1, -0.05) is 58.7 Å². The van der Waals surface area contributed by atoms with Gasteiger partial charge in [-0.15, -0.1) is 0 Å². The molecule has 2 fully saturated rings. The van der Waals surface area contributed by atoms with Gasteiger partial charge in [-0.2, -0.15) is 0 Å². The number of benzene rings is 2. The van der Waals surface area contributed by atoms with Crippen LogP contribution < -0.4 is 4.90 Å². The van der Waals surface area contributed by atoms with Gasteiger partial charge in [0.15, 0.2) is 0 Å². The molecule has 1 saturated carbocycles. The molecule has 1 spiro atoms. The smallest absolute Gasteiger partial charge is 0.147 e. The standard InChI is InChI=1S/C29H25Cl2N3O/c30-21-5-3-6-22(31)26(21)27-25(28(35-33-27)19-8-9-19)20-16-29(17-20)12-14-34(15-13-29)24-11-10-18-4-1-2-7-23(18)32-24/h1-7,10-11,16,19H,8-9,12-15,17H2. The molecule has 3 aliphatic rings. The molecule has 0 bridgehead atoms. The minimum Gasteiger partial charge on any atom is -0.360 e. The van der Waals surface area contributed by atoms with Crippen LogP contribution in [0.5, 0.6) is 0 Å². The maximum absolute atomic E-state index is 6.56. The first-order chi connectivity index (χ1) is 17.1. The van der Waals surface area contributed by atoms with Crippen molar-refractivity contribution in [3.05, 3.63) is 82.0 Å². The normalized spacial score (nSPS) is 19.1. The Bertz CT molecular complexity index is 1460. The summed E-state index contributed by atoms with van der Waals surface area (Å²) < 4.78 is 5.90. The lowest BCUT2D eigenvalue weighted by atomic mass is 9.63. The third kappa shape index (κ3) is 3.66. The topological polar surface area (TPSA) is 42.2 Å². The average molecular weight is 502 g/mol. The molecule has 2 aromatic carbocycles. The second-order valence-electron chi connectivity index (χ2n) is 10.2. The molecule has 1 aliphatic heterocycles. The van der Waals surface area contributed by atoms with E-state index in [1.54, 1.807) is 0 Å². The largest absolute Gasteiger partial charge is 0.360 e. The molecular weight excluding hydrogens is 477 g/mol. The van der Waals surface area contributed by atoms with Crippen molar-refractivity contribution in [3.63, 3.8) is 0 Å². The van der Waals surface area contributed by atoms with Crippen molar-refractivity contribution in [2.75, 3.05) is 18.0 Å². The molecule has 0 amide bonds. The second-order valence-corrected chi connectivity index (χ2v) is 11.0. The van der Waals surface area contributed by atoms with Gasteiger partial charge in [0.25, 0.3) is 0 Å². The molecule has 4 nitrogen and oxygen atoms in total. The number of para-hydroxylation sites is 1. The van der Waals surface area contributed by atoms with E-state index in [0.717, 1.165) is 79.1 Å². The van der Waals surface area contributed by atoms with Crippen LogP contribution >= 0.6 is 23.2 Å². The minimum atomic E-state index is 0.238. The highest BCUT2D eigenvalue weighted by Crippen LogP contribution is 2.56. The fourth-order valence-corrected chi connectivity index (χ4v) is 6.32. The molecular formula is C29H25Cl2N3O. The summed E-state index contributed by atoms with van der Waals surface area (Å²) >= 11 is 13.1. The summed E-state index contributed by atoms with van der Waals surface area (Å²) in [5, 5.41) is 6.89. The molecule has 176 valence electrons. The second kappa shape index (κ2) is 8.11. The summed E-state index contributed by atoms with van der Waals surface area (Å²) in [7, 11) is 0. The van der Waals surface area contributed by atoms with Gasteiger partial charge < -0.3 is 9.42 Å². The monoisotopic (exact) mass is 501 g/mol. The number of hydrogen-bond acceptors (Lipinski definition) is 4. The zero-order chi connectivity index (χ0) is 23.6. The zero-order valence-corrected chi connectivity index (χ0v) is 20.8. The van der Waals surface area contributed by atoms with Gasteiger partial charge in [-0.05, 0) is 73.4 Å². The molecule has 6 heteroatoms. The molecule has 0 radical (unpaired) electrons. The van der Waals surface area contributed by atoms with Crippen LogP contribution in [0, 0.1) is 5.41 Å². The maximum Gasteiger partial charge on any atom is 0.147 e. The average Bonchev–Trinajstić information content (AvgIpc) is 3.62. The van der Waals surface area contributed by atoms with Crippen molar-refractivity contribution >= 4 is 45.5 Å². The van der Waals surface area contributed by atoms with Gasteiger partial charge >= 0.3 is 0 Å². The first-order valence-corrected chi connectivity index (χ1v) is 13.1. The lowest BCUT2D eigenvalue weighted by molar-refractivity contribution is 0.277. The number of anilines is 1. The predicted octanol–water partition coefficient (Wildman–Crippen LogP) is 8.15. The molecule has 0 atom stereocenters. The highest BCUT2D eigenvalue weighted by Gasteiger charge is 2.44. The van der Waals surface area contributed by atoms with Crippen molar-refractivity contribution in [1.82, 2.24) is 10.1 Å². The highest BCUT2D eigenvalue weighted by molar-refractivity contribution is 6.39. The van der Waals surface area contributed by atoms with Crippen LogP contribution in [0.15, 0.2) is 65.2 Å². The molecule has 35 heavy (non-hydrogen) atoms. The highest BCUT2D eigenvalue weighted by atomic mass is 35.5. The van der Waals surface area contributed by atoms with E-state index < -0.39 is 0 Å². The molecule has 0 unspecified atom stereocenters. The van der Waals surface area contributed by atoms with Gasteiger partial charge in [0.2, 0.25) is 0 Å². The SMILES string of the molecule is Clc1cccc(Cl)c1-c1noc(C2CC2)c1C1=CC2(CCN(c3ccc4ccccc4n3)CC2)C1. The van der Waals surface area contributed by atoms with E-state index in [-0.39, 0.29) is 5.41 Å². The van der Waals surface area contributed by atoms with E-state index in [1.165, 1.54) is 11.0 Å². The number of pyridine rings is 1. The Kier molecular flexibility index (Phi) is 4.97. The van der Waals surface area contributed by atoms with Crippen molar-refractivity contribution in [2.45, 2.75) is 38.0 Å². The molecule has 2 aliphatic carbocycles. The summed E-state index contributed by atoms with van der Waals surface area (Å²) in [6.07, 6.45) is 8.08. The van der Waals surface area contributed by atoms with Crippen LogP contribution in [-0.2, 0) is 0 Å². The quantitative estimate of drug-likeness (QED) is 0.282. The lowest BCUT2D eigenvalue weighted by Gasteiger charge is -2.46. The third-order valence-corrected chi connectivity index (χ3v) is 8.51. The minimum absolute atomic E-state index is 0.238. The van der Waals surface area contributed by atoms with Gasteiger partial charge in [0.1, 0.15) is 17.3 Å². The fraction of sp³-hybridized carbons (Fsp3) is 0.310. The first-order valence-electron chi connectivity index (χ1n) is 12.4. The zero-order valence-electron chi connectivity index (χ0n) is 19.3. The van der Waals surface area contributed by atoms with Gasteiger partial charge in [0.05, 0.1) is 15.6 Å². The molecule has 7 rings (SSSR count). The Hall–Kier alpha value is -2.82. The van der Waals surface area contributed by atoms with Crippen LogP contribution in [0.4, 0.5) is 5.82 Å². The summed E-state index contributed by atoms with van der Waals surface area (Å²) in [6.45, 7) is 2.02. The van der Waals surface area contributed by atoms with Crippen LogP contribution in [0.2, 0.25) is 10.0 Å². The van der Waals surface area contributed by atoms with E-state index in [2.05, 4.69) is 52.5 Å². The number of halogens is 2. The van der Waals surface area contributed by atoms with E-state index in [0.29, 0.717) is 16.0 Å². The fourth-order valence-electron chi connectivity index (χ4n) is 5.75. The summed E-state index contributed by atoms with van der Waals surface area (Å²) in [4.78, 5) is 7.33. The number of fused-ring (bicyclic) bond motifs is 1. The number of nitrogens with zero attached hydrogens (tertiary/aromatic N) is 3. The van der Waals surface area contributed by atoms with Crippen LogP contribution in [0.3, 0.4) is 0 Å². The van der Waals surface area contributed by atoms with Crippen molar-refractivity contribution < 1.29 is 4.52 Å². The van der Waals surface area contributed by atoms with Crippen LogP contribution in [-0.4, -0.2) is 23.2 Å². The van der Waals surface area contributed by atoms with Crippen molar-refractivity contribution in [2.24, 2.45) is 5.41 Å². The Labute approximate surface area is 214 Å². The first kappa shape index (κ1) is 21.5. The number of aromatic nitrogens is 2. The van der Waals surface area contributed by atoms with Gasteiger partial charge in [0, 0.05) is 35.5 Å². The van der Waals surface area contributed by atoms with Gasteiger partial charge in [-0.25, -0.2) is 4.98 Å². The number of hydrogen-bond donors (Lipinski definition) is 0. The molecule has 2 aromatic heterocycles. The Morgan fingerprint density at radius 3 is 2.37 bits per heavy atom. The molecule has 4 aromatic rings. The predicted molar refractivity (Wildman–Crippen MR) is 142 cm³/mol. The van der Waals surface area contributed by atoms with Crippen LogP contribution in [0.1, 0.15) is 49.3 Å². The summed E-state index contributed by atoms with van der Waals surface area (Å²) in [6, 6.07) is 18.2. The van der Waals surface area contributed by atoms with Gasteiger partial charge in [-0.3, -0.25) is 0 Å². The molecule has 1 saturated heterocycles. The Morgan fingerprint density at radius 1 is 0.886 bits per heavy atom. The van der Waals surface area contributed by atoms with E-state index >= 15 is 0 Å². The van der Waals surface area contributed by atoms with Crippen LogP contribution in [0.25, 0.3) is 27.7 Å². The van der Waals surface area contributed by atoms with E-state index in [4.69, 9.17) is 32.7 Å². The summed E-state index contributed by atoms with van der Waals surface area (Å²) in [5.74, 6) is 2.55. The van der Waals surface area contributed by atoms with E-state index in [9.17, 15) is 0 Å². The Balaban J connectivity index is 1.16. The third-order valence-electron chi connectivity index (χ3n) is 7.88.